The molecule has 0 aliphatic carbocycles. The van der Waals surface area contributed by atoms with Crippen molar-refractivity contribution in [2.24, 2.45) is 5.92 Å². The Morgan fingerprint density at radius 1 is 1.39 bits per heavy atom. The van der Waals surface area contributed by atoms with Crippen LogP contribution < -0.4 is 5.32 Å². The minimum Gasteiger partial charge on any atom is -0.361 e. The van der Waals surface area contributed by atoms with E-state index in [1.54, 1.807) is 4.90 Å². The van der Waals surface area contributed by atoms with Gasteiger partial charge >= 0.3 is 0 Å². The molecule has 2 aromatic heterocycles. The molecule has 0 saturated carbocycles. The molecule has 2 amide bonds. The van der Waals surface area contributed by atoms with Crippen LogP contribution in [0.15, 0.2) is 35.8 Å². The maximum absolute atomic E-state index is 12.6. The van der Waals surface area contributed by atoms with Gasteiger partial charge in [-0.25, -0.2) is 4.98 Å². The van der Waals surface area contributed by atoms with E-state index in [0.717, 1.165) is 17.6 Å². The fourth-order valence-corrected chi connectivity index (χ4v) is 4.45. The predicted octanol–water partition coefficient (Wildman–Crippen LogP) is 3.78. The third kappa shape index (κ3) is 3.80. The molecule has 0 spiro atoms. The number of H-pyrrole nitrogens is 1. The van der Waals surface area contributed by atoms with Crippen LogP contribution in [0.5, 0.6) is 0 Å². The number of fused-ring (bicyclic) bond motifs is 1. The van der Waals surface area contributed by atoms with Gasteiger partial charge in [-0.3, -0.25) is 9.59 Å². The Bertz CT molecular complexity index is 1010. The minimum atomic E-state index is -0.318. The number of anilines is 1. The van der Waals surface area contributed by atoms with Crippen LogP contribution in [-0.4, -0.2) is 39.8 Å². The normalized spacial score (nSPS) is 17.0. The largest absolute Gasteiger partial charge is 0.361 e. The standard InChI is InChI=1S/C21H24N4O2S/c1-13(2)18-12-28-21(23-18)24-20(27)15-9-19(26)25(11-15)8-7-14-10-22-17-6-4-3-5-16(14)17/h3-6,10,12-13,15,22H,7-9,11H2,1-2H3,(H,23,24,27)/t15-/m0/s1. The van der Waals surface area contributed by atoms with Gasteiger partial charge in [0.05, 0.1) is 11.6 Å². The highest BCUT2D eigenvalue weighted by molar-refractivity contribution is 7.13. The van der Waals surface area contributed by atoms with Gasteiger partial charge in [0.1, 0.15) is 0 Å². The molecule has 3 heterocycles. The second-order valence-electron chi connectivity index (χ2n) is 7.57. The van der Waals surface area contributed by atoms with Gasteiger partial charge in [0.2, 0.25) is 11.8 Å². The second kappa shape index (κ2) is 7.75. The van der Waals surface area contributed by atoms with E-state index < -0.39 is 0 Å². The van der Waals surface area contributed by atoms with Crippen molar-refractivity contribution < 1.29 is 9.59 Å². The van der Waals surface area contributed by atoms with Gasteiger partial charge in [-0.05, 0) is 24.0 Å². The number of hydrogen-bond acceptors (Lipinski definition) is 4. The number of aromatic nitrogens is 2. The summed E-state index contributed by atoms with van der Waals surface area (Å²) < 4.78 is 0. The smallest absolute Gasteiger partial charge is 0.231 e. The summed E-state index contributed by atoms with van der Waals surface area (Å²) in [7, 11) is 0. The summed E-state index contributed by atoms with van der Waals surface area (Å²) in [5.41, 5.74) is 3.27. The maximum Gasteiger partial charge on any atom is 0.231 e. The molecule has 7 heteroatoms. The Kier molecular flexibility index (Phi) is 5.17. The van der Waals surface area contributed by atoms with E-state index in [0.29, 0.717) is 24.1 Å². The first kappa shape index (κ1) is 18.7. The summed E-state index contributed by atoms with van der Waals surface area (Å²) in [6, 6.07) is 8.15. The van der Waals surface area contributed by atoms with E-state index in [2.05, 4.69) is 35.2 Å². The fraction of sp³-hybridized carbons (Fsp3) is 0.381. The monoisotopic (exact) mass is 396 g/mol. The highest BCUT2D eigenvalue weighted by Crippen LogP contribution is 2.25. The van der Waals surface area contributed by atoms with Gasteiger partial charge in [-0.1, -0.05) is 32.0 Å². The van der Waals surface area contributed by atoms with Crippen molar-refractivity contribution in [3.63, 3.8) is 0 Å². The summed E-state index contributed by atoms with van der Waals surface area (Å²) in [4.78, 5) is 34.5. The van der Waals surface area contributed by atoms with E-state index in [9.17, 15) is 9.59 Å². The summed E-state index contributed by atoms with van der Waals surface area (Å²) in [5, 5.41) is 6.64. The number of carbonyl (C=O) groups excluding carboxylic acids is 2. The van der Waals surface area contributed by atoms with Crippen molar-refractivity contribution in [2.75, 3.05) is 18.4 Å². The molecule has 1 aliphatic rings. The Hall–Kier alpha value is -2.67. The van der Waals surface area contributed by atoms with Crippen LogP contribution in [0.3, 0.4) is 0 Å². The second-order valence-corrected chi connectivity index (χ2v) is 8.43. The minimum absolute atomic E-state index is 0.0435. The van der Waals surface area contributed by atoms with Gasteiger partial charge in [0, 0.05) is 42.0 Å². The summed E-state index contributed by atoms with van der Waals surface area (Å²) in [6.07, 6.45) is 3.04. The van der Waals surface area contributed by atoms with Gasteiger partial charge in [0.25, 0.3) is 0 Å². The number of hydrogen-bond donors (Lipinski definition) is 2. The first-order chi connectivity index (χ1) is 13.5. The summed E-state index contributed by atoms with van der Waals surface area (Å²) in [5.74, 6) is -0.0635. The number of amides is 2. The number of nitrogens with zero attached hydrogens (tertiary/aromatic N) is 2. The van der Waals surface area contributed by atoms with Crippen LogP contribution >= 0.6 is 11.3 Å². The highest BCUT2D eigenvalue weighted by Gasteiger charge is 2.34. The van der Waals surface area contributed by atoms with E-state index in [-0.39, 0.29) is 24.2 Å². The zero-order valence-corrected chi connectivity index (χ0v) is 16.9. The molecule has 6 nitrogen and oxygen atoms in total. The molecule has 0 bridgehead atoms. The molecule has 4 rings (SSSR count). The van der Waals surface area contributed by atoms with Crippen LogP contribution in [0.25, 0.3) is 10.9 Å². The van der Waals surface area contributed by atoms with Crippen molar-refractivity contribution in [3.05, 3.63) is 47.1 Å². The lowest BCUT2D eigenvalue weighted by molar-refractivity contribution is -0.128. The average molecular weight is 397 g/mol. The molecule has 1 atom stereocenters. The highest BCUT2D eigenvalue weighted by atomic mass is 32.1. The number of carbonyl (C=O) groups is 2. The zero-order chi connectivity index (χ0) is 19.7. The van der Waals surface area contributed by atoms with Gasteiger partial charge in [-0.15, -0.1) is 11.3 Å². The maximum atomic E-state index is 12.6. The number of nitrogens with one attached hydrogen (secondary N) is 2. The van der Waals surface area contributed by atoms with Crippen molar-refractivity contribution >= 4 is 39.2 Å². The Balaban J connectivity index is 1.34. The fourth-order valence-electron chi connectivity index (χ4n) is 3.57. The number of likely N-dealkylation sites (tertiary alicyclic amines) is 1. The van der Waals surface area contributed by atoms with E-state index >= 15 is 0 Å². The van der Waals surface area contributed by atoms with Gasteiger partial charge in [-0.2, -0.15) is 0 Å². The first-order valence-electron chi connectivity index (χ1n) is 9.60. The quantitative estimate of drug-likeness (QED) is 0.666. The molecular weight excluding hydrogens is 372 g/mol. The van der Waals surface area contributed by atoms with Crippen LogP contribution in [0.2, 0.25) is 0 Å². The van der Waals surface area contributed by atoms with Crippen LogP contribution in [0.4, 0.5) is 5.13 Å². The lowest BCUT2D eigenvalue weighted by Gasteiger charge is -2.16. The lowest BCUT2D eigenvalue weighted by atomic mass is 10.1. The van der Waals surface area contributed by atoms with E-state index in [1.165, 1.54) is 22.3 Å². The Morgan fingerprint density at radius 3 is 3.00 bits per heavy atom. The third-order valence-corrected chi connectivity index (χ3v) is 6.03. The van der Waals surface area contributed by atoms with E-state index in [4.69, 9.17) is 0 Å². The molecule has 3 aromatic rings. The molecule has 0 radical (unpaired) electrons. The summed E-state index contributed by atoms with van der Waals surface area (Å²) in [6.45, 7) is 5.23. The molecule has 1 aliphatic heterocycles. The van der Waals surface area contributed by atoms with Crippen molar-refractivity contribution in [3.8, 4) is 0 Å². The van der Waals surface area contributed by atoms with Crippen LogP contribution in [-0.2, 0) is 16.0 Å². The van der Waals surface area contributed by atoms with Crippen molar-refractivity contribution in [1.82, 2.24) is 14.9 Å². The number of thiazole rings is 1. The zero-order valence-electron chi connectivity index (χ0n) is 16.1. The number of rotatable bonds is 6. The third-order valence-electron chi connectivity index (χ3n) is 5.25. The molecule has 1 saturated heterocycles. The molecular formula is C21H24N4O2S. The van der Waals surface area contributed by atoms with Gasteiger partial charge < -0.3 is 15.2 Å². The molecule has 1 aromatic carbocycles. The molecule has 0 unspecified atom stereocenters. The van der Waals surface area contributed by atoms with Crippen LogP contribution in [0, 0.1) is 5.92 Å². The number of benzene rings is 1. The molecule has 28 heavy (non-hydrogen) atoms. The SMILES string of the molecule is CC(C)c1csc(NC(=O)[C@H]2CC(=O)N(CCc3c[nH]c4ccccc34)C2)n1. The van der Waals surface area contributed by atoms with Crippen LogP contribution in [0.1, 0.15) is 37.4 Å². The topological polar surface area (TPSA) is 78.1 Å². The average Bonchev–Trinajstić information content (AvgIpc) is 3.39. The molecule has 2 N–H and O–H groups in total. The summed E-state index contributed by atoms with van der Waals surface area (Å²) >= 11 is 1.43. The van der Waals surface area contributed by atoms with Gasteiger partial charge in [0.15, 0.2) is 5.13 Å². The number of para-hydroxylation sites is 1. The first-order valence-corrected chi connectivity index (χ1v) is 10.5. The molecule has 1 fully saturated rings. The van der Waals surface area contributed by atoms with Crippen molar-refractivity contribution in [1.29, 1.82) is 0 Å². The lowest BCUT2D eigenvalue weighted by Crippen LogP contribution is -2.30. The predicted molar refractivity (Wildman–Crippen MR) is 112 cm³/mol. The molecule has 146 valence electrons. The van der Waals surface area contributed by atoms with Crippen molar-refractivity contribution in [2.45, 2.75) is 32.6 Å². The number of aromatic amines is 1. The van der Waals surface area contributed by atoms with E-state index in [1.807, 2.05) is 29.8 Å². The Morgan fingerprint density at radius 2 is 2.21 bits per heavy atom. The Labute approximate surface area is 168 Å².